The molecule has 682 valence electrons. The molecule has 11 heterocycles. The van der Waals surface area contributed by atoms with E-state index in [1.807, 2.05) is 52.0 Å². The summed E-state index contributed by atoms with van der Waals surface area (Å²) in [5, 5.41) is 86.0. The van der Waals surface area contributed by atoms with E-state index in [1.165, 1.54) is 97.1 Å². The van der Waals surface area contributed by atoms with Gasteiger partial charge in [0.25, 0.3) is 17.7 Å². The topological polar surface area (TPSA) is 377 Å². The normalized spacial score (nSPS) is 19.4. The minimum Gasteiger partial charge on any atom is -1.00 e. The molecule has 1 saturated heterocycles. The van der Waals surface area contributed by atoms with Crippen LogP contribution in [-0.2, 0) is 9.31 Å². The second-order valence-corrected chi connectivity index (χ2v) is 35.0. The van der Waals surface area contributed by atoms with Crippen LogP contribution in [0.3, 0.4) is 0 Å². The average Bonchev–Trinajstić information content (AvgIpc) is 1.62. The Labute approximate surface area is 754 Å². The van der Waals surface area contributed by atoms with E-state index < -0.39 is 79.8 Å². The molecule has 3 saturated carbocycles. The first kappa shape index (κ1) is 99.0. The number of pyridine rings is 3. The van der Waals surface area contributed by atoms with E-state index in [9.17, 15) is 74.5 Å². The number of carbonyl (C=O) groups is 3. The lowest BCUT2D eigenvalue weighted by molar-refractivity contribution is -0.00209. The van der Waals surface area contributed by atoms with Crippen molar-refractivity contribution in [2.75, 3.05) is 35.6 Å². The van der Waals surface area contributed by atoms with Crippen LogP contribution in [-0.4, -0.2) is 188 Å². The number of nitrogens with zero attached hydrogens (tertiary/aromatic N) is 15. The van der Waals surface area contributed by atoms with Gasteiger partial charge in [0, 0.05) is 73.1 Å². The lowest BCUT2D eigenvalue weighted by Gasteiger charge is -2.32. The van der Waals surface area contributed by atoms with Gasteiger partial charge in [-0.3, -0.25) is 19.4 Å². The Morgan fingerprint density at radius 2 is 0.803 bits per heavy atom. The Bertz CT molecular complexity index is 5330. The second-order valence-electron chi connectivity index (χ2n) is 34.2. The maximum Gasteiger partial charge on any atom is 0.514 e. The van der Waals surface area contributed by atoms with Crippen LogP contribution in [0.25, 0.3) is 22.4 Å². The molecule has 42 heteroatoms. The predicted octanol–water partition coefficient (Wildman–Crippen LogP) is 12.0. The number of aromatic nitrogens is 13. The van der Waals surface area contributed by atoms with E-state index in [1.54, 1.807) is 51.6 Å². The molecule has 0 bridgehead atoms. The van der Waals surface area contributed by atoms with Gasteiger partial charge in [-0.1, -0.05) is 23.2 Å². The first-order valence-corrected chi connectivity index (χ1v) is 41.9. The van der Waals surface area contributed by atoms with Crippen molar-refractivity contribution in [2.45, 2.75) is 248 Å². The van der Waals surface area contributed by atoms with Crippen molar-refractivity contribution < 1.29 is 103 Å². The van der Waals surface area contributed by atoms with Crippen molar-refractivity contribution in [3.05, 3.63) is 178 Å². The monoisotopic (exact) mass is 1920 g/mol. The van der Waals surface area contributed by atoms with Crippen LogP contribution < -0.4 is 61.5 Å². The van der Waals surface area contributed by atoms with Crippen LogP contribution in [0.1, 0.15) is 243 Å². The predicted molar refractivity (Wildman–Crippen MR) is 454 cm³/mol. The van der Waals surface area contributed by atoms with Gasteiger partial charge in [0.1, 0.15) is 41.0 Å². The van der Waals surface area contributed by atoms with E-state index in [0.717, 1.165) is 75.3 Å². The average molecular weight is 1920 g/mol. The second kappa shape index (κ2) is 42.4. The number of amides is 3. The van der Waals surface area contributed by atoms with Crippen molar-refractivity contribution >= 4 is 81.7 Å². The number of rotatable bonds is 26. The van der Waals surface area contributed by atoms with Gasteiger partial charge < -0.3 is 80.5 Å². The Morgan fingerprint density at radius 3 is 1.13 bits per heavy atom. The number of nitrogens with one attached hydrogen (secondary N) is 6. The van der Waals surface area contributed by atoms with Gasteiger partial charge in [-0.05, 0) is 219 Å². The molecule has 10 aromatic rings. The lowest BCUT2D eigenvalue weighted by atomic mass is 9.84. The van der Waals surface area contributed by atoms with E-state index in [-0.39, 0.29) is 118 Å². The number of nitriles is 2. The fourth-order valence-electron chi connectivity index (χ4n) is 14.7. The summed E-state index contributed by atoms with van der Waals surface area (Å²) < 4.78 is 137. The van der Waals surface area contributed by atoms with Crippen molar-refractivity contribution in [3.8, 4) is 23.5 Å². The Hall–Kier alpha value is -10.2. The highest BCUT2D eigenvalue weighted by Gasteiger charge is 2.53. The molecule has 29 nitrogen and oxygen atoms in total. The Balaban J connectivity index is 0.000000181. The van der Waals surface area contributed by atoms with Crippen LogP contribution in [0.2, 0.25) is 10.3 Å². The molecular formula is C85H101BCl2F9IN21O8-. The van der Waals surface area contributed by atoms with Crippen LogP contribution in [0.5, 0.6) is 0 Å². The largest absolute Gasteiger partial charge is 1.00 e. The number of aliphatic hydroxyl groups is 3. The van der Waals surface area contributed by atoms with Crippen molar-refractivity contribution in [1.82, 2.24) is 79.5 Å². The zero-order valence-corrected chi connectivity index (χ0v) is 75.0. The third-order valence-corrected chi connectivity index (χ3v) is 23.5. The van der Waals surface area contributed by atoms with Gasteiger partial charge in [0.15, 0.2) is 0 Å². The maximum absolute atomic E-state index is 14.4. The molecule has 10 aromatic heterocycles. The molecule has 0 radical (unpaired) electrons. The number of hydrogen-bond acceptors (Lipinski definition) is 21. The lowest BCUT2D eigenvalue weighted by Crippen LogP contribution is -3.00. The van der Waals surface area contributed by atoms with Gasteiger partial charge in [-0.25, -0.2) is 46.2 Å². The molecule has 3 aliphatic carbocycles. The number of carbonyl (C=O) groups excluding carboxylic acids is 3. The first-order chi connectivity index (χ1) is 59.4. The summed E-state index contributed by atoms with van der Waals surface area (Å²) in [6.45, 7) is 6.98. The maximum atomic E-state index is 14.4. The number of alkyl halides is 9. The summed E-state index contributed by atoms with van der Waals surface area (Å²) in [4.78, 5) is 50.7. The standard InChI is InChI=1S/C29H31F3N8O2.2C21H27ClF3N5O2.C14H16BN3O2.HI/c1-29(2,42)26(30)16-35-27(41)21-15-34-24(25-8-7-20-11-17(13-33)14-36-40(20)25)12-23(21)37-19-5-3-18(4-6-19)22-9-10-39(38-22)28(31)32;2*1-21(2,32)17(23)11-27-19(31)14-10-26-18(22)9-16(14)28-13-5-3-12(4-6-13)15-7-8-30(29-15)20(24)25;1-13(2)14(3,4)20-15(19-13)12-6-5-11-7-10(8-16)9-17-18(11)12;/h7-12,14-15,18-19,26,28,42H,3-6,16H2,1-2H3,(H,34,37)(H,35,41);2*7-10,12-13,17,20,32H,3-6,11H2,1-2H3,(H,26,28)(H,27,31);5-7,9H,1-4H3;1H/p-1/t18?,19?,26-;2*12?,13?,17-;;/m111../s1. The van der Waals surface area contributed by atoms with Crippen molar-refractivity contribution in [1.29, 1.82) is 10.5 Å². The van der Waals surface area contributed by atoms with Gasteiger partial charge in [-0.15, -0.1) is 0 Å². The molecule has 9 N–H and O–H groups in total. The molecule has 4 fully saturated rings. The summed E-state index contributed by atoms with van der Waals surface area (Å²) in [6, 6.07) is 24.9. The highest BCUT2D eigenvalue weighted by atomic mass is 127. The molecule has 127 heavy (non-hydrogen) atoms. The fraction of sp³-hybridized carbons (Fsp3) is 0.494. The zero-order valence-electron chi connectivity index (χ0n) is 71.3. The molecule has 0 unspecified atom stereocenters. The third-order valence-electron chi connectivity index (χ3n) is 23.1. The molecule has 14 rings (SSSR count). The number of anilines is 3. The highest BCUT2D eigenvalue weighted by Crippen LogP contribution is 2.41. The summed E-state index contributed by atoms with van der Waals surface area (Å²) in [5.74, 6) is -1.37. The molecule has 3 atom stereocenters. The molecule has 0 spiro atoms. The van der Waals surface area contributed by atoms with E-state index in [0.29, 0.717) is 89.1 Å². The molecule has 0 aromatic carbocycles. The van der Waals surface area contributed by atoms with Gasteiger partial charge >= 0.3 is 26.8 Å². The highest BCUT2D eigenvalue weighted by molar-refractivity contribution is 6.61. The number of hydrogen-bond donors (Lipinski definition) is 9. The van der Waals surface area contributed by atoms with E-state index >= 15 is 0 Å². The van der Waals surface area contributed by atoms with Gasteiger partial charge in [-0.2, -0.15) is 62.4 Å². The summed E-state index contributed by atoms with van der Waals surface area (Å²) in [7, 11) is -0.456. The summed E-state index contributed by atoms with van der Waals surface area (Å²) in [6.07, 6.45) is 14.9. The third kappa shape index (κ3) is 25.6. The summed E-state index contributed by atoms with van der Waals surface area (Å²) >= 11 is 12.0. The molecule has 3 amide bonds. The van der Waals surface area contributed by atoms with Crippen LogP contribution >= 0.6 is 23.2 Å². The molecule has 1 aliphatic heterocycles. The minimum absolute atomic E-state index is 0. The van der Waals surface area contributed by atoms with Crippen molar-refractivity contribution in [2.24, 2.45) is 0 Å². The first-order valence-electron chi connectivity index (χ1n) is 41.1. The smallest absolute Gasteiger partial charge is 0.514 e. The van der Waals surface area contributed by atoms with Gasteiger partial charge in [0.2, 0.25) is 0 Å². The minimum atomic E-state index is -2.68. The fourth-order valence-corrected chi connectivity index (χ4v) is 15.0. The molecule has 4 aliphatic rings. The van der Waals surface area contributed by atoms with Gasteiger partial charge in [0.05, 0.1) is 150 Å². The van der Waals surface area contributed by atoms with E-state index in [2.05, 4.69) is 84.5 Å². The summed E-state index contributed by atoms with van der Waals surface area (Å²) in [5.41, 5.74) is 3.04. The SMILES string of the molecule is CC(C)(O)[C@H](F)CNC(=O)c1cnc(-c2ccc3cc(C#N)cnn23)cc1NC1CCC(c2ccn(C(F)F)n2)CC1.CC(C)(O)[C@H](F)CNC(=O)c1cnc(Cl)cc1NC1CCC(c2ccn(C(F)F)n2)CC1.CC(C)(O)[C@H](F)CNC(=O)c1cnc(Cl)cc1NC1CCC(c2ccn(C(F)F)n2)CC1.CC1(C)OB(c2ccc3cc(C#N)cnn23)OC1(C)C.[I-]. The van der Waals surface area contributed by atoms with E-state index in [4.69, 9.17) is 37.8 Å². The van der Waals surface area contributed by atoms with Crippen LogP contribution in [0.4, 0.5) is 56.6 Å². The van der Waals surface area contributed by atoms with Crippen LogP contribution in [0, 0.1) is 22.7 Å². The Kier molecular flexibility index (Phi) is 33.0. The molecular weight excluding hydrogens is 1820 g/mol. The number of halogens is 12. The Morgan fingerprint density at radius 1 is 0.480 bits per heavy atom. The number of fused-ring (bicyclic) bond motifs is 2. The van der Waals surface area contributed by atoms with Crippen LogP contribution in [0.15, 0.2) is 122 Å². The quantitative estimate of drug-likeness (QED) is 0.0105. The zero-order chi connectivity index (χ0) is 91.5. The van der Waals surface area contributed by atoms with Crippen molar-refractivity contribution in [3.63, 3.8) is 0 Å².